The number of nitrogens with two attached hydrogens (primary N) is 1. The molecular formula is C6H5F3N2O2S. The Labute approximate surface area is 77.5 Å². The number of hydrogen-bond donors (Lipinski definition) is 1. The van der Waals surface area contributed by atoms with E-state index in [1.54, 1.807) is 0 Å². The van der Waals surface area contributed by atoms with Gasteiger partial charge in [-0.3, -0.25) is 0 Å². The molecule has 0 aliphatic heterocycles. The fourth-order valence-electron chi connectivity index (χ4n) is 0.669. The third kappa shape index (κ3) is 1.79. The fraction of sp³-hybridized carbons (Fsp3) is 0.167. The van der Waals surface area contributed by atoms with E-state index in [0.717, 1.165) is 12.3 Å². The van der Waals surface area contributed by atoms with Crippen LogP contribution in [-0.2, 0) is 9.84 Å². The van der Waals surface area contributed by atoms with Crippen LogP contribution in [0.3, 0.4) is 0 Å². The average molecular weight is 226 g/mol. The van der Waals surface area contributed by atoms with Gasteiger partial charge in [0.2, 0.25) is 0 Å². The largest absolute Gasteiger partial charge is 0.503 e. The second-order valence-corrected chi connectivity index (χ2v) is 4.27. The molecule has 0 aliphatic carbocycles. The Bertz CT molecular complexity index is 423. The second-order valence-electron chi connectivity index (χ2n) is 2.38. The van der Waals surface area contributed by atoms with Gasteiger partial charge in [0.1, 0.15) is 0 Å². The van der Waals surface area contributed by atoms with Crippen molar-refractivity contribution in [3.8, 4) is 0 Å². The van der Waals surface area contributed by atoms with Crippen LogP contribution in [0, 0.1) is 0 Å². The van der Waals surface area contributed by atoms with E-state index in [1.807, 2.05) is 0 Å². The molecule has 1 heterocycles. The van der Waals surface area contributed by atoms with E-state index >= 15 is 0 Å². The summed E-state index contributed by atoms with van der Waals surface area (Å²) in [5.41, 5.74) is -0.108. The zero-order chi connectivity index (χ0) is 11.0. The first-order valence-corrected chi connectivity index (χ1v) is 4.76. The summed E-state index contributed by atoms with van der Waals surface area (Å²) < 4.78 is 57.4. The highest BCUT2D eigenvalue weighted by atomic mass is 32.2. The Morgan fingerprint density at radius 3 is 2.21 bits per heavy atom. The van der Waals surface area contributed by atoms with Crippen molar-refractivity contribution in [1.82, 2.24) is 4.98 Å². The number of anilines is 1. The number of alkyl halides is 3. The molecule has 2 N–H and O–H groups in total. The summed E-state index contributed by atoms with van der Waals surface area (Å²) in [5.74, 6) is 0. The highest BCUT2D eigenvalue weighted by molar-refractivity contribution is 7.92. The highest BCUT2D eigenvalue weighted by Gasteiger charge is 2.47. The monoisotopic (exact) mass is 226 g/mol. The molecule has 8 heteroatoms. The molecule has 0 atom stereocenters. The van der Waals surface area contributed by atoms with Crippen LogP contribution in [0.1, 0.15) is 0 Å². The minimum Gasteiger partial charge on any atom is -0.397 e. The molecule has 4 nitrogen and oxygen atoms in total. The lowest BCUT2D eigenvalue weighted by Gasteiger charge is -2.06. The van der Waals surface area contributed by atoms with Gasteiger partial charge >= 0.3 is 5.51 Å². The van der Waals surface area contributed by atoms with E-state index in [9.17, 15) is 21.6 Å². The molecule has 0 fully saturated rings. The number of pyridine rings is 1. The summed E-state index contributed by atoms with van der Waals surface area (Å²) in [6.07, 6.45) is 0.846. The topological polar surface area (TPSA) is 73.1 Å². The first-order valence-electron chi connectivity index (χ1n) is 3.28. The Hall–Kier alpha value is -1.31. The lowest BCUT2D eigenvalue weighted by molar-refractivity contribution is -0.0438. The van der Waals surface area contributed by atoms with Crippen LogP contribution in [-0.4, -0.2) is 18.9 Å². The van der Waals surface area contributed by atoms with Crippen LogP contribution >= 0.6 is 0 Å². The maximum atomic E-state index is 12.0. The van der Waals surface area contributed by atoms with Crippen LogP contribution in [0.15, 0.2) is 23.4 Å². The van der Waals surface area contributed by atoms with Crippen molar-refractivity contribution < 1.29 is 21.6 Å². The van der Waals surface area contributed by atoms with Crippen molar-refractivity contribution >= 4 is 15.5 Å². The van der Waals surface area contributed by atoms with Gasteiger partial charge < -0.3 is 5.73 Å². The number of halogens is 3. The number of nitrogens with zero attached hydrogens (tertiary/aromatic N) is 1. The van der Waals surface area contributed by atoms with E-state index in [-0.39, 0.29) is 5.69 Å². The van der Waals surface area contributed by atoms with Crippen LogP contribution in [0.4, 0.5) is 18.9 Å². The number of aromatic nitrogens is 1. The van der Waals surface area contributed by atoms with Crippen LogP contribution in [0.2, 0.25) is 0 Å². The smallest absolute Gasteiger partial charge is 0.397 e. The third-order valence-corrected chi connectivity index (χ3v) is 2.74. The molecule has 0 saturated heterocycles. The van der Waals surface area contributed by atoms with Gasteiger partial charge in [-0.05, 0) is 12.1 Å². The molecule has 0 amide bonds. The molecule has 1 aromatic heterocycles. The van der Waals surface area contributed by atoms with E-state index in [0.29, 0.717) is 6.07 Å². The molecule has 0 radical (unpaired) electrons. The molecule has 0 saturated carbocycles. The zero-order valence-corrected chi connectivity index (χ0v) is 7.43. The first kappa shape index (κ1) is 10.8. The predicted molar refractivity (Wildman–Crippen MR) is 41.9 cm³/mol. The summed E-state index contributed by atoms with van der Waals surface area (Å²) in [6.45, 7) is 0. The molecule has 0 aromatic carbocycles. The molecule has 1 rings (SSSR count). The maximum Gasteiger partial charge on any atom is 0.503 e. The first-order chi connectivity index (χ1) is 6.25. The number of nitrogen functional groups attached to an aromatic ring is 1. The van der Waals surface area contributed by atoms with Crippen molar-refractivity contribution in [2.24, 2.45) is 0 Å². The highest BCUT2D eigenvalue weighted by Crippen LogP contribution is 2.28. The van der Waals surface area contributed by atoms with Crippen LogP contribution in [0.25, 0.3) is 0 Å². The van der Waals surface area contributed by atoms with Crippen molar-refractivity contribution in [2.75, 3.05) is 5.73 Å². The SMILES string of the molecule is Nc1ccc(S(=O)(=O)C(F)(F)F)nc1. The van der Waals surface area contributed by atoms with Crippen molar-refractivity contribution in [1.29, 1.82) is 0 Å². The Morgan fingerprint density at radius 1 is 1.29 bits per heavy atom. The van der Waals surface area contributed by atoms with Gasteiger partial charge in [-0.2, -0.15) is 13.2 Å². The minimum absolute atomic E-state index is 0.0890. The molecule has 0 spiro atoms. The minimum atomic E-state index is -5.36. The van der Waals surface area contributed by atoms with Gasteiger partial charge in [0, 0.05) is 0 Å². The number of sulfone groups is 1. The summed E-state index contributed by atoms with van der Waals surface area (Å²) in [5, 5.41) is -1.06. The van der Waals surface area contributed by atoms with Crippen molar-refractivity contribution in [2.45, 2.75) is 10.5 Å². The normalized spacial score (nSPS) is 12.8. The van der Waals surface area contributed by atoms with Gasteiger partial charge in [0.05, 0.1) is 11.9 Å². The quantitative estimate of drug-likeness (QED) is 0.773. The van der Waals surface area contributed by atoms with Crippen LogP contribution in [0.5, 0.6) is 0 Å². The Balaban J connectivity index is 3.25. The van der Waals surface area contributed by atoms with E-state index < -0.39 is 20.4 Å². The third-order valence-electron chi connectivity index (χ3n) is 1.34. The fourth-order valence-corrected chi connectivity index (χ4v) is 1.35. The van der Waals surface area contributed by atoms with E-state index in [4.69, 9.17) is 5.73 Å². The standard InChI is InChI=1S/C6H5F3N2O2S/c7-6(8,9)14(12,13)5-2-1-4(10)3-11-5/h1-3H,10H2. The summed E-state index contributed by atoms with van der Waals surface area (Å²) in [4.78, 5) is 3.08. The molecule has 78 valence electrons. The summed E-state index contributed by atoms with van der Waals surface area (Å²) >= 11 is 0. The van der Waals surface area contributed by atoms with Gasteiger partial charge in [0.25, 0.3) is 9.84 Å². The molecule has 14 heavy (non-hydrogen) atoms. The molecular weight excluding hydrogens is 221 g/mol. The number of rotatable bonds is 1. The Kier molecular flexibility index (Phi) is 2.40. The molecule has 0 unspecified atom stereocenters. The van der Waals surface area contributed by atoms with Gasteiger partial charge in [-0.1, -0.05) is 0 Å². The molecule has 1 aromatic rings. The van der Waals surface area contributed by atoms with Crippen molar-refractivity contribution in [3.63, 3.8) is 0 Å². The van der Waals surface area contributed by atoms with Gasteiger partial charge in [-0.25, -0.2) is 13.4 Å². The van der Waals surface area contributed by atoms with E-state index in [1.165, 1.54) is 0 Å². The Morgan fingerprint density at radius 2 is 1.86 bits per heavy atom. The zero-order valence-electron chi connectivity index (χ0n) is 6.62. The maximum absolute atomic E-state index is 12.0. The summed E-state index contributed by atoms with van der Waals surface area (Å²) in [6, 6.07) is 1.74. The molecule has 0 bridgehead atoms. The van der Waals surface area contributed by atoms with Crippen LogP contribution < -0.4 is 5.73 Å². The average Bonchev–Trinajstić information content (AvgIpc) is 2.03. The lowest BCUT2D eigenvalue weighted by atomic mass is 10.4. The number of hydrogen-bond acceptors (Lipinski definition) is 4. The summed E-state index contributed by atoms with van der Waals surface area (Å²) in [7, 11) is -5.36. The van der Waals surface area contributed by atoms with Gasteiger partial charge in [-0.15, -0.1) is 0 Å². The predicted octanol–water partition coefficient (Wildman–Crippen LogP) is 0.957. The second kappa shape index (κ2) is 3.12. The van der Waals surface area contributed by atoms with E-state index in [2.05, 4.69) is 4.98 Å². The lowest BCUT2D eigenvalue weighted by Crippen LogP contribution is -2.24. The van der Waals surface area contributed by atoms with Gasteiger partial charge in [0.15, 0.2) is 5.03 Å². The van der Waals surface area contributed by atoms with Crippen molar-refractivity contribution in [3.05, 3.63) is 18.3 Å². The molecule has 0 aliphatic rings.